The molecule has 6 nitrogen and oxygen atoms in total. The third-order valence-corrected chi connectivity index (χ3v) is 2.89. The number of rotatable bonds is 7. The first-order valence-electron chi connectivity index (χ1n) is 8.11. The molecule has 24 heavy (non-hydrogen) atoms. The molecule has 0 saturated heterocycles. The summed E-state index contributed by atoms with van der Waals surface area (Å²) in [5.41, 5.74) is 5.53. The normalized spacial score (nSPS) is 10.2. The Hall–Kier alpha value is -2.08. The Kier molecular flexibility index (Phi) is 10.5. The highest BCUT2D eigenvalue weighted by Gasteiger charge is 2.31. The lowest BCUT2D eigenvalue weighted by Gasteiger charge is -2.24. The Bertz CT molecular complexity index is 497. The maximum atomic E-state index is 11.6. The van der Waals surface area contributed by atoms with E-state index in [2.05, 4.69) is 4.74 Å². The summed E-state index contributed by atoms with van der Waals surface area (Å²) in [7, 11) is 0. The van der Waals surface area contributed by atoms with E-state index in [1.165, 1.54) is 0 Å². The monoisotopic (exact) mass is 339 g/mol. The molecule has 6 heteroatoms. The summed E-state index contributed by atoms with van der Waals surface area (Å²) in [6, 6.07) is 7.33. The van der Waals surface area contributed by atoms with Crippen molar-refractivity contribution >= 4 is 11.9 Å². The molecule has 1 aromatic carbocycles. The topological polar surface area (TPSA) is 87.8 Å². The van der Waals surface area contributed by atoms with Gasteiger partial charge in [0.05, 0.1) is 13.2 Å². The van der Waals surface area contributed by atoms with Crippen LogP contribution >= 0.6 is 0 Å². The van der Waals surface area contributed by atoms with Gasteiger partial charge in [0.2, 0.25) is 0 Å². The molecule has 0 aliphatic rings. The molecule has 0 aliphatic heterocycles. The van der Waals surface area contributed by atoms with Gasteiger partial charge in [0.1, 0.15) is 5.75 Å². The van der Waals surface area contributed by atoms with Crippen molar-refractivity contribution < 1.29 is 23.8 Å². The molecule has 0 bridgehead atoms. The fraction of sp³-hybridized carbons (Fsp3) is 0.556. The standard InChI is InChI=1S/C13H19NO3.C5H10O2/c1-4-16-12(15)13(2,3)17-11-7-5-10(9-14)6-8-11;1-3-5(6)7-4-2/h5-8H,4,9,14H2,1-3H3;3-4H2,1-2H3. The highest BCUT2D eigenvalue weighted by Crippen LogP contribution is 2.20. The van der Waals surface area contributed by atoms with Crippen molar-refractivity contribution in [2.24, 2.45) is 5.73 Å². The number of carbonyl (C=O) groups excluding carboxylic acids is 2. The fourth-order valence-corrected chi connectivity index (χ4v) is 1.60. The van der Waals surface area contributed by atoms with Crippen LogP contribution in [0.3, 0.4) is 0 Å². The average molecular weight is 339 g/mol. The van der Waals surface area contributed by atoms with Crippen LogP contribution in [0.4, 0.5) is 0 Å². The molecule has 0 atom stereocenters. The van der Waals surface area contributed by atoms with Gasteiger partial charge in [-0.05, 0) is 45.4 Å². The quantitative estimate of drug-likeness (QED) is 0.769. The third kappa shape index (κ3) is 8.53. The van der Waals surface area contributed by atoms with E-state index in [1.807, 2.05) is 12.1 Å². The predicted octanol–water partition coefficient (Wildman–Crippen LogP) is 2.83. The van der Waals surface area contributed by atoms with Gasteiger partial charge in [-0.15, -0.1) is 0 Å². The van der Waals surface area contributed by atoms with Gasteiger partial charge in [-0.3, -0.25) is 4.79 Å². The van der Waals surface area contributed by atoms with Crippen LogP contribution < -0.4 is 10.5 Å². The van der Waals surface area contributed by atoms with Crippen LogP contribution in [0.1, 0.15) is 46.6 Å². The van der Waals surface area contributed by atoms with E-state index in [9.17, 15) is 9.59 Å². The zero-order chi connectivity index (χ0) is 18.6. The number of esters is 2. The largest absolute Gasteiger partial charge is 0.476 e. The fourth-order valence-electron chi connectivity index (χ4n) is 1.60. The molecule has 2 N–H and O–H groups in total. The summed E-state index contributed by atoms with van der Waals surface area (Å²) in [6.45, 7) is 10.0. The van der Waals surface area contributed by atoms with E-state index in [4.69, 9.17) is 15.2 Å². The maximum absolute atomic E-state index is 11.6. The first-order chi connectivity index (χ1) is 11.3. The minimum absolute atomic E-state index is 0.123. The molecule has 0 heterocycles. The third-order valence-electron chi connectivity index (χ3n) is 2.89. The van der Waals surface area contributed by atoms with Gasteiger partial charge in [-0.2, -0.15) is 0 Å². The van der Waals surface area contributed by atoms with Crippen molar-refractivity contribution in [1.29, 1.82) is 0 Å². The van der Waals surface area contributed by atoms with Crippen molar-refractivity contribution in [2.75, 3.05) is 13.2 Å². The van der Waals surface area contributed by atoms with E-state index in [0.29, 0.717) is 31.9 Å². The zero-order valence-corrected chi connectivity index (χ0v) is 15.3. The summed E-state index contributed by atoms with van der Waals surface area (Å²) in [5, 5.41) is 0. The smallest absolute Gasteiger partial charge is 0.349 e. The molecular formula is C18H29NO5. The van der Waals surface area contributed by atoms with Crippen molar-refractivity contribution in [3.63, 3.8) is 0 Å². The molecule has 136 valence electrons. The van der Waals surface area contributed by atoms with Gasteiger partial charge in [0.25, 0.3) is 0 Å². The number of carbonyl (C=O) groups is 2. The maximum Gasteiger partial charge on any atom is 0.349 e. The predicted molar refractivity (Wildman–Crippen MR) is 92.6 cm³/mol. The summed E-state index contributed by atoms with van der Waals surface area (Å²) in [5.74, 6) is 0.130. The van der Waals surface area contributed by atoms with Gasteiger partial charge >= 0.3 is 11.9 Å². The van der Waals surface area contributed by atoms with E-state index in [1.54, 1.807) is 46.8 Å². The lowest BCUT2D eigenvalue weighted by atomic mass is 10.1. The average Bonchev–Trinajstić information content (AvgIpc) is 2.56. The summed E-state index contributed by atoms with van der Waals surface area (Å²) >= 11 is 0. The van der Waals surface area contributed by atoms with Gasteiger partial charge in [-0.25, -0.2) is 4.79 Å². The second kappa shape index (κ2) is 11.5. The molecule has 1 aromatic rings. The number of hydrogen-bond acceptors (Lipinski definition) is 6. The molecule has 0 unspecified atom stereocenters. The van der Waals surface area contributed by atoms with E-state index in [0.717, 1.165) is 5.56 Å². The Morgan fingerprint density at radius 3 is 1.92 bits per heavy atom. The van der Waals surface area contributed by atoms with Crippen LogP contribution in [0, 0.1) is 0 Å². The summed E-state index contributed by atoms with van der Waals surface area (Å²) < 4.78 is 15.1. The minimum Gasteiger partial charge on any atom is -0.476 e. The van der Waals surface area contributed by atoms with Gasteiger partial charge in [0.15, 0.2) is 5.60 Å². The molecule has 0 fully saturated rings. The Morgan fingerprint density at radius 1 is 1.00 bits per heavy atom. The van der Waals surface area contributed by atoms with E-state index in [-0.39, 0.29) is 11.9 Å². The molecule has 0 aromatic heterocycles. The Morgan fingerprint density at radius 2 is 1.54 bits per heavy atom. The molecule has 1 rings (SSSR count). The van der Waals surface area contributed by atoms with Crippen molar-refractivity contribution in [3.05, 3.63) is 29.8 Å². The lowest BCUT2D eigenvalue weighted by Crippen LogP contribution is -2.39. The van der Waals surface area contributed by atoms with Crippen LogP contribution in [-0.4, -0.2) is 30.8 Å². The lowest BCUT2D eigenvalue weighted by molar-refractivity contribution is -0.158. The van der Waals surface area contributed by atoms with Crippen LogP contribution in [0.25, 0.3) is 0 Å². The number of ether oxygens (including phenoxy) is 3. The van der Waals surface area contributed by atoms with Crippen LogP contribution in [-0.2, 0) is 25.6 Å². The van der Waals surface area contributed by atoms with Crippen molar-refractivity contribution in [2.45, 2.75) is 53.2 Å². The van der Waals surface area contributed by atoms with Crippen molar-refractivity contribution in [1.82, 2.24) is 0 Å². The zero-order valence-electron chi connectivity index (χ0n) is 15.3. The van der Waals surface area contributed by atoms with E-state index < -0.39 is 5.60 Å². The van der Waals surface area contributed by atoms with Gasteiger partial charge in [0, 0.05) is 13.0 Å². The molecule has 0 spiro atoms. The highest BCUT2D eigenvalue weighted by molar-refractivity contribution is 5.79. The number of benzene rings is 1. The summed E-state index contributed by atoms with van der Waals surface area (Å²) in [6.07, 6.45) is 0.480. The summed E-state index contributed by atoms with van der Waals surface area (Å²) in [4.78, 5) is 21.8. The number of nitrogens with two attached hydrogens (primary N) is 1. The van der Waals surface area contributed by atoms with E-state index >= 15 is 0 Å². The second-order valence-corrected chi connectivity index (χ2v) is 5.34. The number of hydrogen-bond donors (Lipinski definition) is 1. The van der Waals surface area contributed by atoms with Gasteiger partial charge < -0.3 is 19.9 Å². The molecular weight excluding hydrogens is 310 g/mol. The Labute approximate surface area is 144 Å². The minimum atomic E-state index is -0.986. The Balaban J connectivity index is 0.000000640. The van der Waals surface area contributed by atoms with Crippen LogP contribution in [0.5, 0.6) is 5.75 Å². The van der Waals surface area contributed by atoms with Crippen LogP contribution in [0.2, 0.25) is 0 Å². The molecule has 0 saturated carbocycles. The van der Waals surface area contributed by atoms with Crippen LogP contribution in [0.15, 0.2) is 24.3 Å². The first-order valence-corrected chi connectivity index (χ1v) is 8.11. The molecule has 0 aliphatic carbocycles. The first kappa shape index (κ1) is 21.9. The molecule has 0 amide bonds. The van der Waals surface area contributed by atoms with Gasteiger partial charge in [-0.1, -0.05) is 19.1 Å². The molecule has 0 radical (unpaired) electrons. The highest BCUT2D eigenvalue weighted by atomic mass is 16.6. The second-order valence-electron chi connectivity index (χ2n) is 5.34. The SMILES string of the molecule is CCOC(=O)C(C)(C)Oc1ccc(CN)cc1.CCOC(=O)CC. The van der Waals surface area contributed by atoms with Crippen molar-refractivity contribution in [3.8, 4) is 5.75 Å².